The van der Waals surface area contributed by atoms with E-state index in [-0.39, 0.29) is 36.8 Å². The number of rotatable bonds is 6. The Morgan fingerprint density at radius 1 is 1.38 bits per heavy atom. The molecule has 1 unspecified atom stereocenters. The second kappa shape index (κ2) is 7.70. The largest absolute Gasteiger partial charge is 0.382 e. The molecule has 1 heterocycles. The van der Waals surface area contributed by atoms with Crippen LogP contribution < -0.4 is 5.32 Å². The summed E-state index contributed by atoms with van der Waals surface area (Å²) in [4.78, 5) is 26.4. The summed E-state index contributed by atoms with van der Waals surface area (Å²) < 4.78 is 31.8. The molecule has 7 heteroatoms. The molecule has 0 bridgehead atoms. The van der Waals surface area contributed by atoms with E-state index in [1.165, 1.54) is 31.2 Å². The van der Waals surface area contributed by atoms with Crippen LogP contribution >= 0.6 is 0 Å². The van der Waals surface area contributed by atoms with Crippen molar-refractivity contribution < 1.29 is 23.1 Å². The van der Waals surface area contributed by atoms with E-state index in [0.717, 1.165) is 6.07 Å². The van der Waals surface area contributed by atoms with Gasteiger partial charge in [0.25, 0.3) is 0 Å². The number of ether oxygens (including phenoxy) is 1. The smallest absolute Gasteiger partial charge is 0.248 e. The molecule has 0 radical (unpaired) electrons. The second-order valence-electron chi connectivity index (χ2n) is 5.93. The van der Waals surface area contributed by atoms with Gasteiger partial charge in [0.2, 0.25) is 11.8 Å². The van der Waals surface area contributed by atoms with Crippen LogP contribution in [0.25, 0.3) is 0 Å². The summed E-state index contributed by atoms with van der Waals surface area (Å²) in [5, 5.41) is 2.59. The third kappa shape index (κ3) is 3.56. The summed E-state index contributed by atoms with van der Waals surface area (Å²) in [6.45, 7) is 0.574. The summed E-state index contributed by atoms with van der Waals surface area (Å²) in [6.07, 6.45) is 1.42. The number of halogens is 2. The summed E-state index contributed by atoms with van der Waals surface area (Å²) in [6, 6.07) is 3.30. The molecular weight excluding hydrogens is 318 g/mol. The van der Waals surface area contributed by atoms with Crippen LogP contribution in [0.4, 0.5) is 8.78 Å². The molecule has 1 aromatic rings. The number of nitrogens with zero attached hydrogens (tertiary/aromatic N) is 1. The van der Waals surface area contributed by atoms with E-state index in [1.54, 1.807) is 0 Å². The minimum Gasteiger partial charge on any atom is -0.382 e. The number of likely N-dealkylation sites (tertiary alicyclic amines) is 1. The summed E-state index contributed by atoms with van der Waals surface area (Å²) >= 11 is 0. The van der Waals surface area contributed by atoms with Gasteiger partial charge in [0, 0.05) is 33.2 Å². The molecule has 1 saturated heterocycles. The molecule has 1 aromatic carbocycles. The van der Waals surface area contributed by atoms with Crippen LogP contribution in [0.15, 0.2) is 18.2 Å². The minimum absolute atomic E-state index is 0.0466. The quantitative estimate of drug-likeness (QED) is 0.857. The third-order valence-electron chi connectivity index (χ3n) is 4.45. The number of likely N-dealkylation sites (N-methyl/N-ethyl adjacent to an activating group) is 1. The molecule has 2 amide bonds. The average Bonchev–Trinajstić information content (AvgIpc) is 2.98. The number of carbonyl (C=O) groups excluding carboxylic acids is 2. The Morgan fingerprint density at radius 3 is 2.75 bits per heavy atom. The third-order valence-corrected chi connectivity index (χ3v) is 4.45. The van der Waals surface area contributed by atoms with Crippen LogP contribution in [0, 0.1) is 11.6 Å². The minimum atomic E-state index is -1.01. The van der Waals surface area contributed by atoms with Crippen molar-refractivity contribution >= 4 is 11.8 Å². The van der Waals surface area contributed by atoms with Gasteiger partial charge in [-0.1, -0.05) is 6.07 Å². The first kappa shape index (κ1) is 18.3. The molecule has 5 nitrogen and oxygen atoms in total. The molecule has 1 atom stereocenters. The lowest BCUT2D eigenvalue weighted by Crippen LogP contribution is -2.59. The Morgan fingerprint density at radius 2 is 2.12 bits per heavy atom. The zero-order chi connectivity index (χ0) is 17.7. The Balaban J connectivity index is 2.11. The van der Waals surface area contributed by atoms with E-state index in [2.05, 4.69) is 5.32 Å². The van der Waals surface area contributed by atoms with Gasteiger partial charge in [0.05, 0.1) is 6.61 Å². The van der Waals surface area contributed by atoms with Gasteiger partial charge in [-0.15, -0.1) is 0 Å². The molecule has 0 aliphatic carbocycles. The van der Waals surface area contributed by atoms with Crippen molar-refractivity contribution in [2.75, 3.05) is 27.3 Å². The molecular formula is C17H22F2N2O3. The number of carbonyl (C=O) groups is 2. The number of nitrogens with one attached hydrogen (secondary N) is 1. The highest BCUT2D eigenvalue weighted by atomic mass is 19.1. The molecule has 1 aliphatic heterocycles. The summed E-state index contributed by atoms with van der Waals surface area (Å²) in [5.74, 6) is -1.82. The van der Waals surface area contributed by atoms with Gasteiger partial charge >= 0.3 is 0 Å². The van der Waals surface area contributed by atoms with Crippen molar-refractivity contribution in [3.63, 3.8) is 0 Å². The molecule has 0 saturated carbocycles. The zero-order valence-electron chi connectivity index (χ0n) is 13.9. The van der Waals surface area contributed by atoms with E-state index in [9.17, 15) is 18.4 Å². The fourth-order valence-corrected chi connectivity index (χ4v) is 3.27. The molecule has 24 heavy (non-hydrogen) atoms. The van der Waals surface area contributed by atoms with Gasteiger partial charge in [-0.3, -0.25) is 9.59 Å². The maximum atomic E-state index is 13.7. The second-order valence-corrected chi connectivity index (χ2v) is 5.93. The van der Waals surface area contributed by atoms with Crippen LogP contribution in [0.3, 0.4) is 0 Å². The predicted molar refractivity (Wildman–Crippen MR) is 84.3 cm³/mol. The molecule has 1 aliphatic rings. The Bertz CT molecular complexity index is 624. The SMILES string of the molecule is CNC(=O)C1(COC)CCCN1C(=O)CCc1ccc(F)cc1F. The van der Waals surface area contributed by atoms with Crippen LogP contribution in [-0.2, 0) is 20.7 Å². The lowest BCUT2D eigenvalue weighted by molar-refractivity contribution is -0.148. The number of aryl methyl sites for hydroxylation is 1. The van der Waals surface area contributed by atoms with Gasteiger partial charge in [-0.2, -0.15) is 0 Å². The zero-order valence-corrected chi connectivity index (χ0v) is 13.9. The monoisotopic (exact) mass is 340 g/mol. The van der Waals surface area contributed by atoms with Crippen molar-refractivity contribution in [3.8, 4) is 0 Å². The average molecular weight is 340 g/mol. The van der Waals surface area contributed by atoms with E-state index >= 15 is 0 Å². The molecule has 0 spiro atoms. The fraction of sp³-hybridized carbons (Fsp3) is 0.529. The number of benzene rings is 1. The number of hydrogen-bond donors (Lipinski definition) is 1. The highest BCUT2D eigenvalue weighted by Gasteiger charge is 2.49. The molecule has 0 aromatic heterocycles. The number of hydrogen-bond acceptors (Lipinski definition) is 3. The van der Waals surface area contributed by atoms with Crippen LogP contribution in [0.2, 0.25) is 0 Å². The van der Waals surface area contributed by atoms with Crippen LogP contribution in [-0.4, -0.2) is 49.6 Å². The van der Waals surface area contributed by atoms with E-state index < -0.39 is 17.2 Å². The molecule has 2 rings (SSSR count). The Hall–Kier alpha value is -2.02. The first-order chi connectivity index (χ1) is 11.4. The fourth-order valence-electron chi connectivity index (χ4n) is 3.27. The van der Waals surface area contributed by atoms with E-state index in [0.29, 0.717) is 19.4 Å². The Kier molecular flexibility index (Phi) is 5.88. The lowest BCUT2D eigenvalue weighted by Gasteiger charge is -2.36. The number of amides is 2. The van der Waals surface area contributed by atoms with E-state index in [4.69, 9.17) is 4.74 Å². The first-order valence-electron chi connectivity index (χ1n) is 7.90. The maximum absolute atomic E-state index is 13.7. The molecule has 1 fully saturated rings. The van der Waals surface area contributed by atoms with Gasteiger partial charge < -0.3 is 15.0 Å². The maximum Gasteiger partial charge on any atom is 0.248 e. The topological polar surface area (TPSA) is 58.6 Å². The molecule has 1 N–H and O–H groups in total. The highest BCUT2D eigenvalue weighted by molar-refractivity contribution is 5.92. The molecule has 132 valence electrons. The van der Waals surface area contributed by atoms with Crippen molar-refractivity contribution in [3.05, 3.63) is 35.4 Å². The first-order valence-corrected chi connectivity index (χ1v) is 7.90. The van der Waals surface area contributed by atoms with Gasteiger partial charge in [-0.25, -0.2) is 8.78 Å². The highest BCUT2D eigenvalue weighted by Crippen LogP contribution is 2.31. The number of methoxy groups -OCH3 is 1. The van der Waals surface area contributed by atoms with Crippen molar-refractivity contribution in [2.45, 2.75) is 31.2 Å². The van der Waals surface area contributed by atoms with Gasteiger partial charge in [-0.05, 0) is 30.9 Å². The summed E-state index contributed by atoms with van der Waals surface area (Å²) in [5.41, 5.74) is -0.733. The van der Waals surface area contributed by atoms with Crippen LogP contribution in [0.1, 0.15) is 24.8 Å². The standard InChI is InChI=1S/C17H22F2N2O3/c1-20-16(23)17(11-24-2)8-3-9-21(17)15(22)7-5-12-4-6-13(18)10-14(12)19/h4,6,10H,3,5,7-9,11H2,1-2H3,(H,20,23). The van der Waals surface area contributed by atoms with Crippen molar-refractivity contribution in [2.24, 2.45) is 0 Å². The summed E-state index contributed by atoms with van der Waals surface area (Å²) in [7, 11) is 3.01. The normalized spacial score (nSPS) is 20.2. The van der Waals surface area contributed by atoms with Gasteiger partial charge in [0.1, 0.15) is 17.2 Å². The van der Waals surface area contributed by atoms with Gasteiger partial charge in [0.15, 0.2) is 0 Å². The van der Waals surface area contributed by atoms with Crippen molar-refractivity contribution in [1.82, 2.24) is 10.2 Å². The van der Waals surface area contributed by atoms with E-state index in [1.807, 2.05) is 0 Å². The Labute approximate surface area is 140 Å². The van der Waals surface area contributed by atoms with Crippen LogP contribution in [0.5, 0.6) is 0 Å². The van der Waals surface area contributed by atoms with Crippen molar-refractivity contribution in [1.29, 1.82) is 0 Å². The lowest BCUT2D eigenvalue weighted by atomic mass is 9.95. The predicted octanol–water partition coefficient (Wildman–Crippen LogP) is 1.65.